The largest absolute Gasteiger partial charge is 0.394 e. The number of rotatable bonds is 4. The van der Waals surface area contributed by atoms with Crippen LogP contribution in [0.25, 0.3) is 10.1 Å². The summed E-state index contributed by atoms with van der Waals surface area (Å²) < 4.78 is 6.71. The van der Waals surface area contributed by atoms with Gasteiger partial charge in [0.05, 0.1) is 18.2 Å². The van der Waals surface area contributed by atoms with Crippen molar-refractivity contribution >= 4 is 27.2 Å². The summed E-state index contributed by atoms with van der Waals surface area (Å²) in [6, 6.07) is 17.2. The first-order chi connectivity index (χ1) is 14.0. The quantitative estimate of drug-likeness (QED) is 0.609. The van der Waals surface area contributed by atoms with Crippen LogP contribution >= 0.6 is 11.3 Å². The molecule has 148 valence electrons. The van der Waals surface area contributed by atoms with Gasteiger partial charge in [0.15, 0.2) is 5.78 Å². The topological polar surface area (TPSA) is 111 Å². The van der Waals surface area contributed by atoms with Gasteiger partial charge in [0.25, 0.3) is 0 Å². The predicted octanol–water partition coefficient (Wildman–Crippen LogP) is 2.09. The Hall–Kier alpha value is -2.60. The molecule has 1 fully saturated rings. The van der Waals surface area contributed by atoms with E-state index in [1.807, 2.05) is 24.3 Å². The molecule has 0 radical (unpaired) electrons. The maximum Gasteiger partial charge on any atom is 0.197 e. The van der Waals surface area contributed by atoms with Gasteiger partial charge in [-0.25, -0.2) is 0 Å². The number of aliphatic hydroxyl groups excluding tert-OH is 3. The molecule has 1 aliphatic rings. The second-order valence-electron chi connectivity index (χ2n) is 7.03. The monoisotopic (exact) mass is 409 g/mol. The highest BCUT2D eigenvalue weighted by Crippen LogP contribution is 2.32. The summed E-state index contributed by atoms with van der Waals surface area (Å²) in [5.41, 5.74) is 1.72. The Balaban J connectivity index is 1.68. The van der Waals surface area contributed by atoms with Crippen LogP contribution in [0, 0.1) is 11.3 Å². The average molecular weight is 409 g/mol. The third-order valence-electron chi connectivity index (χ3n) is 5.14. The van der Waals surface area contributed by atoms with Gasteiger partial charge in [-0.1, -0.05) is 30.3 Å². The Morgan fingerprint density at radius 2 is 1.93 bits per heavy atom. The number of nitriles is 1. The molecule has 0 spiro atoms. The van der Waals surface area contributed by atoms with Crippen molar-refractivity contribution in [3.8, 4) is 6.07 Å². The molecular formula is C22H19NO5S. The van der Waals surface area contributed by atoms with Crippen LogP contribution in [-0.2, 0) is 16.0 Å². The smallest absolute Gasteiger partial charge is 0.197 e. The zero-order valence-electron chi connectivity index (χ0n) is 15.4. The summed E-state index contributed by atoms with van der Waals surface area (Å²) in [6.07, 6.45) is -4.76. The Morgan fingerprint density at radius 3 is 2.66 bits per heavy atom. The molecule has 3 N–H and O–H groups in total. The van der Waals surface area contributed by atoms with Crippen LogP contribution in [-0.4, -0.2) is 46.0 Å². The second-order valence-corrected chi connectivity index (χ2v) is 8.20. The van der Waals surface area contributed by atoms with E-state index in [-0.39, 0.29) is 0 Å². The molecular weight excluding hydrogens is 390 g/mol. The standard InChI is InChI=1S/C22H19NO5S/c23-10-14-6-5-13(22-21(27)20(26)19(25)17(11-24)28-22)7-15(14)9-16-8-12-3-1-2-4-18(12)29-16/h1-8,17,19-20,22,24-26H,9,11H2/t17?,19-,20?,22?/m1/s1. The van der Waals surface area contributed by atoms with E-state index in [2.05, 4.69) is 12.1 Å². The molecule has 6 nitrogen and oxygen atoms in total. The molecule has 0 saturated carbocycles. The van der Waals surface area contributed by atoms with Crippen LogP contribution in [0.4, 0.5) is 0 Å². The number of ether oxygens (including phenoxy) is 1. The van der Waals surface area contributed by atoms with Crippen LogP contribution in [0.3, 0.4) is 0 Å². The average Bonchev–Trinajstić information content (AvgIpc) is 3.14. The molecule has 0 aliphatic carbocycles. The van der Waals surface area contributed by atoms with Gasteiger partial charge < -0.3 is 20.1 Å². The number of ketones is 1. The molecule has 1 aliphatic heterocycles. The number of aliphatic hydroxyl groups is 3. The number of benzene rings is 2. The number of Topliss-reactive ketones (excluding diaryl/α,β-unsaturated/α-hetero) is 1. The summed E-state index contributed by atoms with van der Waals surface area (Å²) in [5.74, 6) is -0.667. The van der Waals surface area contributed by atoms with E-state index in [9.17, 15) is 25.4 Å². The Kier molecular flexibility index (Phi) is 5.46. The third kappa shape index (κ3) is 3.69. The molecule has 29 heavy (non-hydrogen) atoms. The van der Waals surface area contributed by atoms with E-state index in [1.54, 1.807) is 29.5 Å². The van der Waals surface area contributed by atoms with E-state index in [0.29, 0.717) is 17.5 Å². The number of thiophene rings is 1. The van der Waals surface area contributed by atoms with Crippen LogP contribution in [0.1, 0.15) is 27.7 Å². The van der Waals surface area contributed by atoms with Gasteiger partial charge in [0.2, 0.25) is 0 Å². The maximum atomic E-state index is 12.5. The van der Waals surface area contributed by atoms with Crippen molar-refractivity contribution in [3.05, 3.63) is 70.1 Å². The molecule has 2 heterocycles. The highest BCUT2D eigenvalue weighted by Gasteiger charge is 2.43. The van der Waals surface area contributed by atoms with Gasteiger partial charge in [-0.3, -0.25) is 4.79 Å². The summed E-state index contributed by atoms with van der Waals surface area (Å²) in [5, 5.41) is 39.9. The van der Waals surface area contributed by atoms with Crippen LogP contribution in [0.2, 0.25) is 0 Å². The second kappa shape index (κ2) is 8.03. The number of hydrogen-bond donors (Lipinski definition) is 3. The van der Waals surface area contributed by atoms with Crippen LogP contribution in [0.5, 0.6) is 0 Å². The fourth-order valence-corrected chi connectivity index (χ4v) is 4.67. The van der Waals surface area contributed by atoms with Crippen molar-refractivity contribution in [3.63, 3.8) is 0 Å². The first-order valence-corrected chi connectivity index (χ1v) is 10.00. The third-order valence-corrected chi connectivity index (χ3v) is 6.25. The molecule has 0 amide bonds. The highest BCUT2D eigenvalue weighted by atomic mass is 32.1. The molecule has 0 bridgehead atoms. The lowest BCUT2D eigenvalue weighted by Crippen LogP contribution is -2.53. The summed E-state index contributed by atoms with van der Waals surface area (Å²) in [6.45, 7) is -0.521. The van der Waals surface area contributed by atoms with E-state index in [0.717, 1.165) is 20.5 Å². The number of carbonyl (C=O) groups is 1. The van der Waals surface area contributed by atoms with E-state index in [4.69, 9.17) is 4.74 Å². The van der Waals surface area contributed by atoms with Gasteiger partial charge in [-0.05, 0) is 34.7 Å². The molecule has 1 saturated heterocycles. The zero-order valence-corrected chi connectivity index (χ0v) is 16.2. The van der Waals surface area contributed by atoms with Gasteiger partial charge >= 0.3 is 0 Å². The number of fused-ring (bicyclic) bond motifs is 1. The van der Waals surface area contributed by atoms with E-state index in [1.165, 1.54) is 0 Å². The fraction of sp³-hybridized carbons (Fsp3) is 0.273. The number of hydrogen-bond acceptors (Lipinski definition) is 7. The van der Waals surface area contributed by atoms with Gasteiger partial charge in [0, 0.05) is 16.0 Å². The summed E-state index contributed by atoms with van der Waals surface area (Å²) in [7, 11) is 0. The minimum absolute atomic E-state index is 0.481. The fourth-order valence-electron chi connectivity index (χ4n) is 3.59. The lowest BCUT2D eigenvalue weighted by molar-refractivity contribution is -0.189. The normalized spacial score (nSPS) is 24.6. The SMILES string of the molecule is N#Cc1ccc(C2OC(CO)[C@@H](O)C(O)C2=O)cc1Cc1cc2ccccc2s1. The highest BCUT2D eigenvalue weighted by molar-refractivity contribution is 7.19. The first-order valence-electron chi connectivity index (χ1n) is 9.18. The lowest BCUT2D eigenvalue weighted by atomic mass is 9.90. The van der Waals surface area contributed by atoms with Gasteiger partial charge in [-0.15, -0.1) is 11.3 Å². The predicted molar refractivity (Wildman–Crippen MR) is 108 cm³/mol. The maximum absolute atomic E-state index is 12.5. The van der Waals surface area contributed by atoms with Crippen molar-refractivity contribution in [2.24, 2.45) is 0 Å². The van der Waals surface area contributed by atoms with Crippen LogP contribution in [0.15, 0.2) is 48.5 Å². The van der Waals surface area contributed by atoms with Crippen molar-refractivity contribution in [2.75, 3.05) is 6.61 Å². The molecule has 2 aromatic carbocycles. The number of nitrogens with zero attached hydrogens (tertiary/aromatic N) is 1. The first kappa shape index (κ1) is 19.7. The van der Waals surface area contributed by atoms with Crippen molar-refractivity contribution in [1.29, 1.82) is 5.26 Å². The van der Waals surface area contributed by atoms with Crippen molar-refractivity contribution in [2.45, 2.75) is 30.8 Å². The van der Waals surface area contributed by atoms with E-state index >= 15 is 0 Å². The molecule has 3 unspecified atom stereocenters. The molecule has 4 atom stereocenters. The Bertz CT molecular complexity index is 1070. The van der Waals surface area contributed by atoms with Gasteiger partial charge in [0.1, 0.15) is 24.4 Å². The Labute approximate surface area is 171 Å². The lowest BCUT2D eigenvalue weighted by Gasteiger charge is -2.35. The van der Waals surface area contributed by atoms with Crippen molar-refractivity contribution in [1.82, 2.24) is 0 Å². The summed E-state index contributed by atoms with van der Waals surface area (Å²) in [4.78, 5) is 13.5. The molecule has 3 aromatic rings. The van der Waals surface area contributed by atoms with Crippen LogP contribution < -0.4 is 0 Å². The summed E-state index contributed by atoms with van der Waals surface area (Å²) >= 11 is 1.64. The number of carbonyl (C=O) groups excluding carboxylic acids is 1. The molecule has 1 aromatic heterocycles. The minimum atomic E-state index is -1.63. The van der Waals surface area contributed by atoms with Gasteiger partial charge in [-0.2, -0.15) is 5.26 Å². The minimum Gasteiger partial charge on any atom is -0.394 e. The van der Waals surface area contributed by atoms with E-state index < -0.39 is 36.8 Å². The molecule has 7 heteroatoms. The Morgan fingerprint density at radius 1 is 1.14 bits per heavy atom. The van der Waals surface area contributed by atoms with Crippen molar-refractivity contribution < 1.29 is 24.9 Å². The molecule has 4 rings (SSSR count). The zero-order chi connectivity index (χ0) is 20.5.